The fourth-order valence-corrected chi connectivity index (χ4v) is 3.94. The van der Waals surface area contributed by atoms with Crippen LogP contribution in [0.3, 0.4) is 0 Å². The van der Waals surface area contributed by atoms with E-state index in [2.05, 4.69) is 16.8 Å². The van der Waals surface area contributed by atoms with Crippen molar-refractivity contribution in [3.63, 3.8) is 0 Å². The van der Waals surface area contributed by atoms with Crippen molar-refractivity contribution in [3.05, 3.63) is 0 Å². The van der Waals surface area contributed by atoms with E-state index >= 15 is 0 Å². The highest BCUT2D eigenvalue weighted by Crippen LogP contribution is 2.40. The standard InChI is InChI=1S/C14H26N2O/c1-15-7-4-14(12-15)5-8-16(9-6-14)13-3-2-10-17-11-13/h13H,2-12H2,1H3. The van der Waals surface area contributed by atoms with Gasteiger partial charge in [-0.15, -0.1) is 0 Å². The Balaban J connectivity index is 1.53. The number of nitrogens with zero attached hydrogens (tertiary/aromatic N) is 2. The lowest BCUT2D eigenvalue weighted by atomic mass is 9.77. The van der Waals surface area contributed by atoms with Crippen molar-refractivity contribution in [1.29, 1.82) is 0 Å². The van der Waals surface area contributed by atoms with Crippen molar-refractivity contribution in [3.8, 4) is 0 Å². The van der Waals surface area contributed by atoms with E-state index in [1.165, 1.54) is 58.3 Å². The number of ether oxygens (including phenoxy) is 1. The Kier molecular flexibility index (Phi) is 3.42. The number of hydrogen-bond donors (Lipinski definition) is 0. The highest BCUT2D eigenvalue weighted by molar-refractivity contribution is 4.94. The van der Waals surface area contributed by atoms with Crippen molar-refractivity contribution in [2.24, 2.45) is 5.41 Å². The number of likely N-dealkylation sites (tertiary alicyclic amines) is 2. The van der Waals surface area contributed by atoms with Gasteiger partial charge in [-0.25, -0.2) is 0 Å². The molecule has 0 amide bonds. The van der Waals surface area contributed by atoms with Gasteiger partial charge in [-0.2, -0.15) is 0 Å². The Morgan fingerprint density at radius 3 is 2.47 bits per heavy atom. The van der Waals surface area contributed by atoms with Crippen LogP contribution in [0, 0.1) is 5.41 Å². The van der Waals surface area contributed by atoms with Crippen LogP contribution in [-0.2, 0) is 4.74 Å². The zero-order valence-electron chi connectivity index (χ0n) is 11.2. The van der Waals surface area contributed by atoms with E-state index in [-0.39, 0.29) is 0 Å². The molecule has 3 fully saturated rings. The predicted octanol–water partition coefficient (Wildman–Crippen LogP) is 1.58. The lowest BCUT2D eigenvalue weighted by Crippen LogP contribution is -2.48. The molecule has 3 heteroatoms. The lowest BCUT2D eigenvalue weighted by molar-refractivity contribution is -0.00743. The van der Waals surface area contributed by atoms with E-state index in [9.17, 15) is 0 Å². The summed E-state index contributed by atoms with van der Waals surface area (Å²) in [6.07, 6.45) is 6.86. The summed E-state index contributed by atoms with van der Waals surface area (Å²) < 4.78 is 5.62. The topological polar surface area (TPSA) is 15.7 Å². The molecule has 0 aliphatic carbocycles. The summed E-state index contributed by atoms with van der Waals surface area (Å²) in [5, 5.41) is 0. The molecule has 0 saturated carbocycles. The highest BCUT2D eigenvalue weighted by atomic mass is 16.5. The second kappa shape index (κ2) is 4.87. The minimum Gasteiger partial charge on any atom is -0.380 e. The van der Waals surface area contributed by atoms with Gasteiger partial charge >= 0.3 is 0 Å². The zero-order chi connectivity index (χ0) is 11.7. The molecule has 17 heavy (non-hydrogen) atoms. The molecule has 3 heterocycles. The molecule has 0 bridgehead atoms. The lowest BCUT2D eigenvalue weighted by Gasteiger charge is -2.43. The quantitative estimate of drug-likeness (QED) is 0.690. The van der Waals surface area contributed by atoms with Crippen LogP contribution in [0.5, 0.6) is 0 Å². The van der Waals surface area contributed by atoms with Crippen molar-refractivity contribution in [1.82, 2.24) is 9.80 Å². The summed E-state index contributed by atoms with van der Waals surface area (Å²) in [5.41, 5.74) is 0.667. The smallest absolute Gasteiger partial charge is 0.0621 e. The van der Waals surface area contributed by atoms with Crippen LogP contribution in [0.15, 0.2) is 0 Å². The molecule has 1 atom stereocenters. The third-order valence-corrected chi connectivity index (χ3v) is 5.14. The van der Waals surface area contributed by atoms with Gasteiger partial charge in [0.25, 0.3) is 0 Å². The first-order chi connectivity index (χ1) is 8.27. The molecule has 1 unspecified atom stereocenters. The number of rotatable bonds is 1. The summed E-state index contributed by atoms with van der Waals surface area (Å²) in [5.74, 6) is 0. The maximum absolute atomic E-state index is 5.62. The van der Waals surface area contributed by atoms with Crippen molar-refractivity contribution >= 4 is 0 Å². The Bertz CT molecular complexity index is 255. The van der Waals surface area contributed by atoms with Crippen molar-refractivity contribution in [2.75, 3.05) is 46.4 Å². The van der Waals surface area contributed by atoms with Gasteiger partial charge in [0.2, 0.25) is 0 Å². The van der Waals surface area contributed by atoms with Gasteiger partial charge in [-0.1, -0.05) is 0 Å². The monoisotopic (exact) mass is 238 g/mol. The first-order valence-electron chi connectivity index (χ1n) is 7.28. The molecule has 0 radical (unpaired) electrons. The second-order valence-corrected chi connectivity index (χ2v) is 6.39. The number of hydrogen-bond acceptors (Lipinski definition) is 3. The van der Waals surface area contributed by atoms with E-state index in [1.807, 2.05) is 0 Å². The van der Waals surface area contributed by atoms with E-state index in [0.29, 0.717) is 5.41 Å². The average Bonchev–Trinajstić information content (AvgIpc) is 2.73. The molecule has 3 aliphatic heterocycles. The maximum Gasteiger partial charge on any atom is 0.0621 e. The molecule has 0 aromatic heterocycles. The first kappa shape index (κ1) is 11.9. The van der Waals surface area contributed by atoms with Gasteiger partial charge in [-0.3, -0.25) is 4.90 Å². The molecule has 0 aromatic rings. The van der Waals surface area contributed by atoms with Gasteiger partial charge in [0.1, 0.15) is 0 Å². The Labute approximate surface area is 105 Å². The van der Waals surface area contributed by atoms with Gasteiger partial charge in [0.15, 0.2) is 0 Å². The summed E-state index contributed by atoms with van der Waals surface area (Å²) in [7, 11) is 2.27. The molecule has 0 N–H and O–H groups in total. The van der Waals surface area contributed by atoms with Crippen LogP contribution in [0.4, 0.5) is 0 Å². The Morgan fingerprint density at radius 1 is 1.12 bits per heavy atom. The fraction of sp³-hybridized carbons (Fsp3) is 1.00. The Hall–Kier alpha value is -0.120. The van der Waals surface area contributed by atoms with Crippen LogP contribution in [0.2, 0.25) is 0 Å². The summed E-state index contributed by atoms with van der Waals surface area (Å²) in [6.45, 7) is 7.23. The Morgan fingerprint density at radius 2 is 1.88 bits per heavy atom. The summed E-state index contributed by atoms with van der Waals surface area (Å²) >= 11 is 0. The minimum absolute atomic E-state index is 0.667. The normalized spacial score (nSPS) is 35.5. The molecule has 0 aromatic carbocycles. The molecule has 3 nitrogen and oxygen atoms in total. The molecule has 1 spiro atoms. The van der Waals surface area contributed by atoms with Crippen LogP contribution >= 0.6 is 0 Å². The van der Waals surface area contributed by atoms with Crippen LogP contribution in [0.25, 0.3) is 0 Å². The van der Waals surface area contributed by atoms with E-state index < -0.39 is 0 Å². The first-order valence-corrected chi connectivity index (χ1v) is 7.28. The predicted molar refractivity (Wildman–Crippen MR) is 69.2 cm³/mol. The third-order valence-electron chi connectivity index (χ3n) is 5.14. The SMILES string of the molecule is CN1CCC2(CCN(C3CCCOC3)CC2)C1. The molecule has 3 rings (SSSR count). The summed E-state index contributed by atoms with van der Waals surface area (Å²) in [4.78, 5) is 5.21. The average molecular weight is 238 g/mol. The van der Waals surface area contributed by atoms with Crippen LogP contribution in [-0.4, -0.2) is 62.3 Å². The van der Waals surface area contributed by atoms with E-state index in [1.54, 1.807) is 0 Å². The summed E-state index contributed by atoms with van der Waals surface area (Å²) in [6, 6.07) is 0.722. The third kappa shape index (κ3) is 2.51. The van der Waals surface area contributed by atoms with Gasteiger partial charge < -0.3 is 9.64 Å². The highest BCUT2D eigenvalue weighted by Gasteiger charge is 2.40. The van der Waals surface area contributed by atoms with Crippen LogP contribution in [0.1, 0.15) is 32.1 Å². The molecule has 3 aliphatic rings. The largest absolute Gasteiger partial charge is 0.380 e. The van der Waals surface area contributed by atoms with Gasteiger partial charge in [0, 0.05) is 19.2 Å². The molecular formula is C14H26N2O. The van der Waals surface area contributed by atoms with Crippen LogP contribution < -0.4 is 0 Å². The van der Waals surface area contributed by atoms with Gasteiger partial charge in [0.05, 0.1) is 6.61 Å². The van der Waals surface area contributed by atoms with Crippen molar-refractivity contribution < 1.29 is 4.74 Å². The zero-order valence-corrected chi connectivity index (χ0v) is 11.2. The number of piperidine rings is 1. The molecular weight excluding hydrogens is 212 g/mol. The van der Waals surface area contributed by atoms with E-state index in [0.717, 1.165) is 19.3 Å². The van der Waals surface area contributed by atoms with Crippen molar-refractivity contribution in [2.45, 2.75) is 38.1 Å². The second-order valence-electron chi connectivity index (χ2n) is 6.39. The maximum atomic E-state index is 5.62. The molecule has 3 saturated heterocycles. The van der Waals surface area contributed by atoms with E-state index in [4.69, 9.17) is 4.74 Å². The van der Waals surface area contributed by atoms with Gasteiger partial charge in [-0.05, 0) is 64.2 Å². The molecule has 98 valence electrons. The fourth-order valence-electron chi connectivity index (χ4n) is 3.94. The minimum atomic E-state index is 0.667.